The molecule has 2 fully saturated rings. The molecule has 2 aliphatic heterocycles. The molecule has 0 spiro atoms. The third-order valence-electron chi connectivity index (χ3n) is 10.2. The van der Waals surface area contributed by atoms with Gasteiger partial charge in [0.25, 0.3) is 0 Å². The summed E-state index contributed by atoms with van der Waals surface area (Å²) in [6, 6.07) is 49.0. The Morgan fingerprint density at radius 1 is 0.431 bits per heavy atom. The lowest BCUT2D eigenvalue weighted by atomic mass is 9.96. The number of halogens is 1. The van der Waals surface area contributed by atoms with Gasteiger partial charge in [0.2, 0.25) is 0 Å². The number of aliphatic hydroxyl groups excluding tert-OH is 2. The normalized spacial score (nSPS) is 27.3. The molecule has 11 heteroatoms. The van der Waals surface area contributed by atoms with Crippen molar-refractivity contribution in [1.29, 1.82) is 0 Å². The highest BCUT2D eigenvalue weighted by molar-refractivity contribution is 14.1. The Morgan fingerprint density at radius 2 is 0.828 bits per heavy atom. The topological polar surface area (TPSA) is 114 Å². The lowest BCUT2D eigenvalue weighted by Gasteiger charge is -2.49. The van der Waals surface area contributed by atoms with E-state index in [1.807, 2.05) is 152 Å². The standard InChI is InChI=1S/C47H51IO10/c48-26-38-40(49)42(52-28-34-18-8-2-9-19-34)45(55-31-37-24-14-5-15-25-37)47(57-38)58-41-39(32-51-27-33-16-6-1-7-17-33)56-46(50)44(54-30-36-22-12-4-13-23-36)43(41)53-29-35-20-10-3-11-21-35/h1-25,38-47,49-50H,26-32H2/t38-,39-,40-,41-,42+,43+,44-,45-,46-,47-/m1/s1. The summed E-state index contributed by atoms with van der Waals surface area (Å²) in [5, 5.41) is 23.5. The van der Waals surface area contributed by atoms with Crippen molar-refractivity contribution in [3.63, 3.8) is 0 Å². The van der Waals surface area contributed by atoms with Gasteiger partial charge in [-0.1, -0.05) is 174 Å². The molecule has 0 unspecified atom stereocenters. The minimum Gasteiger partial charge on any atom is -0.388 e. The van der Waals surface area contributed by atoms with Crippen molar-refractivity contribution >= 4 is 22.6 Å². The van der Waals surface area contributed by atoms with Crippen LogP contribution in [0.4, 0.5) is 0 Å². The molecule has 0 saturated carbocycles. The van der Waals surface area contributed by atoms with Crippen LogP contribution >= 0.6 is 22.6 Å². The summed E-state index contributed by atoms with van der Waals surface area (Å²) in [6.45, 7) is 1.22. The van der Waals surface area contributed by atoms with E-state index in [-0.39, 0.29) is 33.0 Å². The fourth-order valence-electron chi connectivity index (χ4n) is 7.14. The van der Waals surface area contributed by atoms with E-state index in [1.165, 1.54) is 0 Å². The summed E-state index contributed by atoms with van der Waals surface area (Å²) >= 11 is 2.21. The second kappa shape index (κ2) is 22.2. The molecule has 10 atom stereocenters. The van der Waals surface area contributed by atoms with Gasteiger partial charge >= 0.3 is 0 Å². The second-order valence-electron chi connectivity index (χ2n) is 14.4. The highest BCUT2D eigenvalue weighted by atomic mass is 127. The predicted molar refractivity (Wildman–Crippen MR) is 225 cm³/mol. The monoisotopic (exact) mass is 902 g/mol. The molecular weight excluding hydrogens is 851 g/mol. The maximum Gasteiger partial charge on any atom is 0.187 e. The molecule has 2 N–H and O–H groups in total. The number of rotatable bonds is 19. The Balaban J connectivity index is 1.22. The SMILES string of the molecule is O[C@H]1[C@H](OCc2ccccc2)[C@@H](OCc2ccccc2)[C@@H](O[C@H]2[C@H](OCc3ccccc3)[C@@H](OCc3ccccc3)[C@H](O)O[C@@H]2COCc2ccccc2)O[C@@H]1CI. The zero-order valence-electron chi connectivity index (χ0n) is 32.2. The van der Waals surface area contributed by atoms with Gasteiger partial charge in [0.05, 0.1) is 45.7 Å². The van der Waals surface area contributed by atoms with Crippen LogP contribution < -0.4 is 0 Å². The average Bonchev–Trinajstić information content (AvgIpc) is 3.27. The molecule has 58 heavy (non-hydrogen) atoms. The molecule has 5 aromatic carbocycles. The van der Waals surface area contributed by atoms with E-state index >= 15 is 0 Å². The molecule has 0 aliphatic carbocycles. The molecule has 10 nitrogen and oxygen atoms in total. The van der Waals surface area contributed by atoms with Crippen LogP contribution in [0.2, 0.25) is 0 Å². The summed E-state index contributed by atoms with van der Waals surface area (Å²) in [5.41, 5.74) is 4.72. The van der Waals surface area contributed by atoms with Crippen LogP contribution in [0.5, 0.6) is 0 Å². The Hall–Kier alpha value is -3.57. The Labute approximate surface area is 354 Å². The van der Waals surface area contributed by atoms with E-state index < -0.39 is 61.4 Å². The first kappa shape index (κ1) is 42.6. The second-order valence-corrected chi connectivity index (χ2v) is 15.3. The summed E-state index contributed by atoms with van der Waals surface area (Å²) in [4.78, 5) is 0. The van der Waals surface area contributed by atoms with E-state index in [1.54, 1.807) is 0 Å². The fourth-order valence-corrected chi connectivity index (χ4v) is 7.87. The van der Waals surface area contributed by atoms with E-state index in [4.69, 9.17) is 37.9 Å². The zero-order valence-corrected chi connectivity index (χ0v) is 34.4. The van der Waals surface area contributed by atoms with Gasteiger partial charge < -0.3 is 48.1 Å². The maximum absolute atomic E-state index is 11.8. The van der Waals surface area contributed by atoms with Gasteiger partial charge in [0, 0.05) is 4.43 Å². The minimum absolute atomic E-state index is 0.0573. The molecule has 7 rings (SSSR count). The number of alkyl halides is 1. The van der Waals surface area contributed by atoms with Crippen molar-refractivity contribution < 1.29 is 48.1 Å². The molecule has 2 heterocycles. The van der Waals surface area contributed by atoms with Crippen molar-refractivity contribution in [1.82, 2.24) is 0 Å². The van der Waals surface area contributed by atoms with Gasteiger partial charge in [-0.05, 0) is 27.8 Å². The first-order chi connectivity index (χ1) is 28.6. The molecule has 2 saturated heterocycles. The van der Waals surface area contributed by atoms with Crippen LogP contribution in [-0.4, -0.2) is 82.7 Å². The Morgan fingerprint density at radius 3 is 1.28 bits per heavy atom. The molecule has 0 radical (unpaired) electrons. The highest BCUT2D eigenvalue weighted by Crippen LogP contribution is 2.35. The maximum atomic E-state index is 11.8. The van der Waals surface area contributed by atoms with Crippen LogP contribution in [-0.2, 0) is 70.9 Å². The van der Waals surface area contributed by atoms with Crippen LogP contribution in [0.1, 0.15) is 27.8 Å². The third-order valence-corrected chi connectivity index (χ3v) is 11.1. The van der Waals surface area contributed by atoms with Gasteiger partial charge in [-0.25, -0.2) is 0 Å². The van der Waals surface area contributed by atoms with E-state index in [2.05, 4.69) is 22.6 Å². The van der Waals surface area contributed by atoms with Crippen LogP contribution in [0.25, 0.3) is 0 Å². The molecule has 2 aliphatic rings. The lowest BCUT2D eigenvalue weighted by molar-refractivity contribution is -0.367. The van der Waals surface area contributed by atoms with E-state index in [0.29, 0.717) is 11.0 Å². The Bertz CT molecular complexity index is 1880. The van der Waals surface area contributed by atoms with Gasteiger partial charge in [0.15, 0.2) is 12.6 Å². The van der Waals surface area contributed by atoms with Gasteiger partial charge in [-0.3, -0.25) is 0 Å². The largest absolute Gasteiger partial charge is 0.388 e. The van der Waals surface area contributed by atoms with Crippen molar-refractivity contribution in [3.8, 4) is 0 Å². The molecule has 5 aromatic rings. The molecule has 0 aromatic heterocycles. The van der Waals surface area contributed by atoms with Crippen LogP contribution in [0.15, 0.2) is 152 Å². The quantitative estimate of drug-likeness (QED) is 0.0654. The van der Waals surface area contributed by atoms with Crippen molar-refractivity contribution in [2.45, 2.75) is 94.4 Å². The van der Waals surface area contributed by atoms with Crippen molar-refractivity contribution in [3.05, 3.63) is 179 Å². The predicted octanol–water partition coefficient (Wildman–Crippen LogP) is 7.17. The summed E-state index contributed by atoms with van der Waals surface area (Å²) < 4.78 is 53.2. The van der Waals surface area contributed by atoms with E-state index in [0.717, 1.165) is 27.8 Å². The summed E-state index contributed by atoms with van der Waals surface area (Å²) in [7, 11) is 0. The van der Waals surface area contributed by atoms with Gasteiger partial charge in [-0.2, -0.15) is 0 Å². The first-order valence-corrected chi connectivity index (χ1v) is 21.2. The molecule has 0 amide bonds. The molecule has 0 bridgehead atoms. The number of hydrogen-bond acceptors (Lipinski definition) is 10. The highest BCUT2D eigenvalue weighted by Gasteiger charge is 2.53. The van der Waals surface area contributed by atoms with Crippen LogP contribution in [0, 0.1) is 0 Å². The number of benzene rings is 5. The average molecular weight is 903 g/mol. The summed E-state index contributed by atoms with van der Waals surface area (Å²) in [6.07, 6.45) is -9.42. The van der Waals surface area contributed by atoms with Gasteiger partial charge in [0.1, 0.15) is 42.7 Å². The molecular formula is C47H51IO10. The number of aliphatic hydroxyl groups is 2. The zero-order chi connectivity index (χ0) is 39.9. The third kappa shape index (κ3) is 11.8. The molecule has 306 valence electrons. The van der Waals surface area contributed by atoms with Crippen LogP contribution in [0.3, 0.4) is 0 Å². The van der Waals surface area contributed by atoms with Crippen molar-refractivity contribution in [2.75, 3.05) is 11.0 Å². The minimum atomic E-state index is -1.38. The number of hydrogen-bond donors (Lipinski definition) is 2. The number of ether oxygens (including phenoxy) is 8. The van der Waals surface area contributed by atoms with E-state index in [9.17, 15) is 10.2 Å². The smallest absolute Gasteiger partial charge is 0.187 e. The fraction of sp³-hybridized carbons (Fsp3) is 0.362. The Kier molecular flexibility index (Phi) is 16.2. The van der Waals surface area contributed by atoms with Crippen molar-refractivity contribution in [2.24, 2.45) is 0 Å². The lowest BCUT2D eigenvalue weighted by Crippen LogP contribution is -2.65. The summed E-state index contributed by atoms with van der Waals surface area (Å²) in [5.74, 6) is 0. The van der Waals surface area contributed by atoms with Gasteiger partial charge in [-0.15, -0.1) is 0 Å². The first-order valence-electron chi connectivity index (χ1n) is 19.7.